The molecule has 0 saturated heterocycles. The second kappa shape index (κ2) is 4.30. The Morgan fingerprint density at radius 2 is 2.00 bits per heavy atom. The fraction of sp³-hybridized carbons (Fsp3) is 0.600. The van der Waals surface area contributed by atoms with Crippen molar-refractivity contribution >= 4 is 0 Å². The van der Waals surface area contributed by atoms with Gasteiger partial charge in [0.05, 0.1) is 0 Å². The number of fused-ring (bicyclic) bond motifs is 2. The standard InChI is InChI=1S/C15H19F2N/c1-8-2-5-12(16)13(14(8)17)15(18)11-7-9-3-4-10(11)6-9/h2,5,9-11,15H,3-4,6-7,18H2,1H3. The summed E-state index contributed by atoms with van der Waals surface area (Å²) in [6, 6.07) is 2.32. The van der Waals surface area contributed by atoms with E-state index >= 15 is 0 Å². The van der Waals surface area contributed by atoms with Crippen molar-refractivity contribution < 1.29 is 8.78 Å². The van der Waals surface area contributed by atoms with E-state index in [0.29, 0.717) is 11.5 Å². The third-order valence-corrected chi connectivity index (χ3v) is 4.91. The molecule has 18 heavy (non-hydrogen) atoms. The van der Waals surface area contributed by atoms with Crippen LogP contribution in [0.1, 0.15) is 42.9 Å². The fourth-order valence-electron chi connectivity index (χ4n) is 3.93. The molecule has 2 N–H and O–H groups in total. The zero-order valence-corrected chi connectivity index (χ0v) is 10.6. The van der Waals surface area contributed by atoms with Crippen molar-refractivity contribution in [2.45, 2.75) is 38.6 Å². The first-order valence-electron chi connectivity index (χ1n) is 6.78. The summed E-state index contributed by atoms with van der Waals surface area (Å²) in [5.41, 5.74) is 6.76. The molecule has 2 aliphatic carbocycles. The maximum atomic E-state index is 14.1. The zero-order valence-electron chi connectivity index (χ0n) is 10.6. The lowest BCUT2D eigenvalue weighted by atomic mass is 9.80. The van der Waals surface area contributed by atoms with Crippen LogP contribution in [0.2, 0.25) is 0 Å². The summed E-state index contributed by atoms with van der Waals surface area (Å²) in [5.74, 6) is 0.625. The van der Waals surface area contributed by atoms with Gasteiger partial charge in [0, 0.05) is 11.6 Å². The molecule has 3 heteroatoms. The van der Waals surface area contributed by atoms with Crippen LogP contribution in [0.25, 0.3) is 0 Å². The number of halogens is 2. The van der Waals surface area contributed by atoms with Crippen LogP contribution in [0.15, 0.2) is 12.1 Å². The Kier molecular flexibility index (Phi) is 2.89. The molecule has 4 unspecified atom stereocenters. The summed E-state index contributed by atoms with van der Waals surface area (Å²) in [4.78, 5) is 0. The molecule has 3 rings (SSSR count). The van der Waals surface area contributed by atoms with Crippen LogP contribution in [0.4, 0.5) is 8.78 Å². The van der Waals surface area contributed by atoms with E-state index in [1.807, 2.05) is 0 Å². The minimum Gasteiger partial charge on any atom is -0.324 e. The summed E-state index contributed by atoms with van der Waals surface area (Å²) >= 11 is 0. The van der Waals surface area contributed by atoms with E-state index in [9.17, 15) is 8.78 Å². The van der Waals surface area contributed by atoms with Gasteiger partial charge >= 0.3 is 0 Å². The highest BCUT2D eigenvalue weighted by atomic mass is 19.1. The second-order valence-corrected chi connectivity index (χ2v) is 5.96. The van der Waals surface area contributed by atoms with Gasteiger partial charge in [0.2, 0.25) is 0 Å². The van der Waals surface area contributed by atoms with Crippen LogP contribution >= 0.6 is 0 Å². The van der Waals surface area contributed by atoms with Crippen molar-refractivity contribution in [1.82, 2.24) is 0 Å². The van der Waals surface area contributed by atoms with Crippen molar-refractivity contribution in [3.63, 3.8) is 0 Å². The van der Waals surface area contributed by atoms with Crippen LogP contribution in [-0.4, -0.2) is 0 Å². The lowest BCUT2D eigenvalue weighted by Crippen LogP contribution is -2.28. The zero-order chi connectivity index (χ0) is 12.9. The molecule has 0 radical (unpaired) electrons. The summed E-state index contributed by atoms with van der Waals surface area (Å²) in [5, 5.41) is 0. The van der Waals surface area contributed by atoms with E-state index in [0.717, 1.165) is 12.3 Å². The average Bonchev–Trinajstić information content (AvgIpc) is 2.96. The molecule has 1 aromatic rings. The quantitative estimate of drug-likeness (QED) is 0.852. The van der Waals surface area contributed by atoms with Gasteiger partial charge in [-0.25, -0.2) is 8.78 Å². The highest BCUT2D eigenvalue weighted by Gasteiger charge is 2.43. The summed E-state index contributed by atoms with van der Waals surface area (Å²) in [6.45, 7) is 1.66. The van der Waals surface area contributed by atoms with E-state index in [1.165, 1.54) is 31.4 Å². The van der Waals surface area contributed by atoms with Gasteiger partial charge in [-0.3, -0.25) is 0 Å². The van der Waals surface area contributed by atoms with Crippen molar-refractivity contribution in [2.24, 2.45) is 23.5 Å². The van der Waals surface area contributed by atoms with Gasteiger partial charge in [0.15, 0.2) is 0 Å². The average molecular weight is 251 g/mol. The van der Waals surface area contributed by atoms with Crippen molar-refractivity contribution in [3.8, 4) is 0 Å². The number of benzene rings is 1. The van der Waals surface area contributed by atoms with E-state index in [-0.39, 0.29) is 11.5 Å². The molecule has 2 saturated carbocycles. The Bertz CT molecular complexity index is 472. The third-order valence-electron chi connectivity index (χ3n) is 4.91. The SMILES string of the molecule is Cc1ccc(F)c(C(N)C2CC3CCC2C3)c1F. The molecule has 4 atom stereocenters. The monoisotopic (exact) mass is 251 g/mol. The second-order valence-electron chi connectivity index (χ2n) is 5.96. The predicted molar refractivity (Wildman–Crippen MR) is 67.0 cm³/mol. The Balaban J connectivity index is 1.93. The van der Waals surface area contributed by atoms with Gasteiger partial charge in [-0.2, -0.15) is 0 Å². The van der Waals surface area contributed by atoms with Crippen LogP contribution in [0, 0.1) is 36.3 Å². The number of hydrogen-bond acceptors (Lipinski definition) is 1. The van der Waals surface area contributed by atoms with E-state index < -0.39 is 17.7 Å². The molecule has 2 bridgehead atoms. The van der Waals surface area contributed by atoms with Crippen LogP contribution < -0.4 is 5.73 Å². The molecule has 2 aliphatic rings. The van der Waals surface area contributed by atoms with Crippen LogP contribution in [-0.2, 0) is 0 Å². The molecule has 1 nitrogen and oxygen atoms in total. The smallest absolute Gasteiger partial charge is 0.133 e. The maximum absolute atomic E-state index is 14.1. The van der Waals surface area contributed by atoms with E-state index in [1.54, 1.807) is 6.92 Å². The lowest BCUT2D eigenvalue weighted by molar-refractivity contribution is 0.275. The Morgan fingerprint density at radius 3 is 2.61 bits per heavy atom. The van der Waals surface area contributed by atoms with Gasteiger partial charge in [-0.05, 0) is 55.6 Å². The Morgan fingerprint density at radius 1 is 1.22 bits per heavy atom. The third kappa shape index (κ3) is 1.76. The number of rotatable bonds is 2. The summed E-state index contributed by atoms with van der Waals surface area (Å²) < 4.78 is 27.9. The van der Waals surface area contributed by atoms with Crippen LogP contribution in [0.3, 0.4) is 0 Å². The highest BCUT2D eigenvalue weighted by molar-refractivity contribution is 5.30. The molecule has 0 amide bonds. The molecule has 98 valence electrons. The van der Waals surface area contributed by atoms with Crippen molar-refractivity contribution in [1.29, 1.82) is 0 Å². The largest absolute Gasteiger partial charge is 0.324 e. The first-order valence-corrected chi connectivity index (χ1v) is 6.78. The highest BCUT2D eigenvalue weighted by Crippen LogP contribution is 2.52. The van der Waals surface area contributed by atoms with Gasteiger partial charge < -0.3 is 5.73 Å². The fourth-order valence-corrected chi connectivity index (χ4v) is 3.93. The molecule has 0 aliphatic heterocycles. The predicted octanol–water partition coefficient (Wildman–Crippen LogP) is 3.71. The van der Waals surface area contributed by atoms with E-state index in [4.69, 9.17) is 5.73 Å². The normalized spacial score (nSPS) is 31.9. The lowest BCUT2D eigenvalue weighted by Gasteiger charge is -2.28. The van der Waals surface area contributed by atoms with Gasteiger partial charge in [0.1, 0.15) is 11.6 Å². The maximum Gasteiger partial charge on any atom is 0.133 e. The Hall–Kier alpha value is -0.960. The van der Waals surface area contributed by atoms with Gasteiger partial charge in [0.25, 0.3) is 0 Å². The van der Waals surface area contributed by atoms with Crippen LogP contribution in [0.5, 0.6) is 0 Å². The molecule has 0 aromatic heterocycles. The van der Waals surface area contributed by atoms with Gasteiger partial charge in [-0.1, -0.05) is 12.5 Å². The first-order chi connectivity index (χ1) is 8.58. The molecule has 0 heterocycles. The molecule has 2 fully saturated rings. The summed E-state index contributed by atoms with van der Waals surface area (Å²) in [6.07, 6.45) is 4.69. The van der Waals surface area contributed by atoms with Crippen molar-refractivity contribution in [2.75, 3.05) is 0 Å². The summed E-state index contributed by atoms with van der Waals surface area (Å²) in [7, 11) is 0. The van der Waals surface area contributed by atoms with Crippen molar-refractivity contribution in [3.05, 3.63) is 34.9 Å². The topological polar surface area (TPSA) is 26.0 Å². The molecular formula is C15H19F2N. The Labute approximate surface area is 106 Å². The molecular weight excluding hydrogens is 232 g/mol. The minimum atomic E-state index is -0.492. The number of hydrogen-bond donors (Lipinski definition) is 1. The molecule has 1 aromatic carbocycles. The minimum absolute atomic E-state index is 0.104. The number of aryl methyl sites for hydroxylation is 1. The van der Waals surface area contributed by atoms with Gasteiger partial charge in [-0.15, -0.1) is 0 Å². The molecule has 0 spiro atoms. The first kappa shape index (κ1) is 12.1. The number of nitrogens with two attached hydrogens (primary N) is 1. The van der Waals surface area contributed by atoms with E-state index in [2.05, 4.69) is 0 Å².